The third kappa shape index (κ3) is 3.08. The number of hydrogen-bond acceptors (Lipinski definition) is 4. The number of hydrogen-bond donors (Lipinski definition) is 0. The van der Waals surface area contributed by atoms with Crippen LogP contribution >= 0.6 is 0 Å². The molecule has 0 saturated carbocycles. The minimum atomic E-state index is -4.26. The second kappa shape index (κ2) is 5.92. The maximum Gasteiger partial charge on any atom is 0.405 e. The van der Waals surface area contributed by atoms with Crippen molar-refractivity contribution >= 4 is 17.3 Å². The molecule has 2 aliphatic heterocycles. The van der Waals surface area contributed by atoms with Gasteiger partial charge in [0.05, 0.1) is 11.4 Å². The largest absolute Gasteiger partial charge is 0.405 e. The Bertz CT molecular complexity index is 594. The zero-order valence-electron chi connectivity index (χ0n) is 12.7. The van der Waals surface area contributed by atoms with Gasteiger partial charge in [-0.15, -0.1) is 0 Å². The maximum absolute atomic E-state index is 12.8. The van der Waals surface area contributed by atoms with E-state index in [0.717, 1.165) is 0 Å². The molecule has 23 heavy (non-hydrogen) atoms. The van der Waals surface area contributed by atoms with E-state index in [1.807, 2.05) is 11.8 Å². The molecule has 126 valence electrons. The van der Waals surface area contributed by atoms with E-state index in [9.17, 15) is 18.0 Å². The minimum Gasteiger partial charge on any atom is -0.359 e. The molecule has 0 aromatic heterocycles. The number of halogens is 3. The van der Waals surface area contributed by atoms with Crippen molar-refractivity contribution in [3.8, 4) is 0 Å². The summed E-state index contributed by atoms with van der Waals surface area (Å²) in [6.45, 7) is 2.06. The van der Waals surface area contributed by atoms with Crippen LogP contribution in [0.1, 0.15) is 6.92 Å². The Labute approximate surface area is 132 Å². The third-order valence-electron chi connectivity index (χ3n) is 4.10. The fourth-order valence-electron chi connectivity index (χ4n) is 3.08. The minimum absolute atomic E-state index is 0.147. The van der Waals surface area contributed by atoms with E-state index in [-0.39, 0.29) is 19.1 Å². The molecule has 0 bridgehead atoms. The van der Waals surface area contributed by atoms with Crippen LogP contribution in [0.3, 0.4) is 0 Å². The molecule has 0 aliphatic carbocycles. The van der Waals surface area contributed by atoms with Gasteiger partial charge < -0.3 is 9.80 Å². The molecule has 8 heteroatoms. The summed E-state index contributed by atoms with van der Waals surface area (Å²) in [5.41, 5.74) is 1.14. The topological polar surface area (TPSA) is 36.0 Å². The van der Waals surface area contributed by atoms with Crippen molar-refractivity contribution in [2.24, 2.45) is 0 Å². The van der Waals surface area contributed by atoms with Crippen LogP contribution in [-0.4, -0.2) is 56.0 Å². The van der Waals surface area contributed by atoms with Gasteiger partial charge in [0.25, 0.3) is 5.91 Å². The molecule has 2 heterocycles. The molecule has 1 aromatic rings. The van der Waals surface area contributed by atoms with E-state index in [1.165, 1.54) is 9.96 Å². The van der Waals surface area contributed by atoms with Gasteiger partial charge in [0.1, 0.15) is 19.2 Å². The summed E-state index contributed by atoms with van der Waals surface area (Å²) >= 11 is 0. The molecule has 1 saturated heterocycles. The van der Waals surface area contributed by atoms with Gasteiger partial charge in [-0.2, -0.15) is 13.2 Å². The normalized spacial score (nSPS) is 21.8. The van der Waals surface area contributed by atoms with Crippen LogP contribution in [0.15, 0.2) is 24.3 Å². The lowest BCUT2D eigenvalue weighted by Crippen LogP contribution is -2.51. The predicted octanol–water partition coefficient (Wildman–Crippen LogP) is 2.04. The number of fused-ring (bicyclic) bond motifs is 1. The Morgan fingerprint density at radius 1 is 1.22 bits per heavy atom. The van der Waals surface area contributed by atoms with Crippen molar-refractivity contribution in [3.63, 3.8) is 0 Å². The first-order valence-corrected chi connectivity index (χ1v) is 7.52. The number of nitrogens with zero attached hydrogens (tertiary/aromatic N) is 3. The lowest BCUT2D eigenvalue weighted by molar-refractivity contribution is -0.160. The lowest BCUT2D eigenvalue weighted by Gasteiger charge is -2.40. The highest BCUT2D eigenvalue weighted by atomic mass is 19.4. The van der Waals surface area contributed by atoms with Crippen molar-refractivity contribution in [3.05, 3.63) is 24.3 Å². The fraction of sp³-hybridized carbons (Fsp3) is 0.533. The summed E-state index contributed by atoms with van der Waals surface area (Å²) < 4.78 is 38.3. The highest BCUT2D eigenvalue weighted by molar-refractivity contribution is 5.88. The first kappa shape index (κ1) is 15.9. The Morgan fingerprint density at radius 2 is 1.91 bits per heavy atom. The second-order valence-corrected chi connectivity index (χ2v) is 5.56. The van der Waals surface area contributed by atoms with Gasteiger partial charge in [0.2, 0.25) is 0 Å². The summed E-state index contributed by atoms with van der Waals surface area (Å²) in [4.78, 5) is 20.8. The zero-order valence-corrected chi connectivity index (χ0v) is 12.7. The van der Waals surface area contributed by atoms with E-state index in [1.54, 1.807) is 24.3 Å². The molecule has 1 atom stereocenters. The molecule has 0 radical (unpaired) electrons. The predicted molar refractivity (Wildman–Crippen MR) is 79.2 cm³/mol. The number of hydroxylamine groups is 2. The number of likely N-dealkylation sites (N-methyl/N-ethyl adjacent to an activating group) is 1. The standard InChI is InChI=1S/C15H18F3N3O2/c1-2-21-14(22)13(9-23-21)20-8-7-19(10-15(16,17)18)11-5-3-4-6-12(11)20/h3-6,13H,2,7-10H2,1H3. The Morgan fingerprint density at radius 3 is 2.52 bits per heavy atom. The van der Waals surface area contributed by atoms with Crippen LogP contribution in [0.2, 0.25) is 0 Å². The molecule has 2 aliphatic rings. The number of para-hydroxylation sites is 2. The van der Waals surface area contributed by atoms with Crippen molar-refractivity contribution in [2.75, 3.05) is 42.6 Å². The zero-order chi connectivity index (χ0) is 16.6. The number of benzene rings is 1. The van der Waals surface area contributed by atoms with Crippen molar-refractivity contribution in [1.82, 2.24) is 5.06 Å². The SMILES string of the molecule is CCN1OCC(N2CCN(CC(F)(F)F)c3ccccc32)C1=O. The van der Waals surface area contributed by atoms with Gasteiger partial charge in [-0.25, -0.2) is 5.06 Å². The Hall–Kier alpha value is -1.96. The van der Waals surface area contributed by atoms with Gasteiger partial charge in [-0.1, -0.05) is 12.1 Å². The van der Waals surface area contributed by atoms with Crippen LogP contribution in [0, 0.1) is 0 Å². The highest BCUT2D eigenvalue weighted by Crippen LogP contribution is 2.36. The van der Waals surface area contributed by atoms with Gasteiger partial charge in [-0.3, -0.25) is 9.63 Å². The van der Waals surface area contributed by atoms with Crippen LogP contribution in [0.4, 0.5) is 24.5 Å². The second-order valence-electron chi connectivity index (χ2n) is 5.56. The average molecular weight is 329 g/mol. The average Bonchev–Trinajstić information content (AvgIpc) is 2.87. The first-order chi connectivity index (χ1) is 10.9. The van der Waals surface area contributed by atoms with Crippen molar-refractivity contribution < 1.29 is 22.8 Å². The van der Waals surface area contributed by atoms with E-state index < -0.39 is 18.8 Å². The molecular formula is C15H18F3N3O2. The van der Waals surface area contributed by atoms with Gasteiger partial charge in [-0.05, 0) is 19.1 Å². The number of rotatable bonds is 3. The first-order valence-electron chi connectivity index (χ1n) is 7.52. The number of alkyl halides is 3. The van der Waals surface area contributed by atoms with Gasteiger partial charge in [0.15, 0.2) is 0 Å². The smallest absolute Gasteiger partial charge is 0.359 e. The molecule has 0 spiro atoms. The molecular weight excluding hydrogens is 311 g/mol. The van der Waals surface area contributed by atoms with Crippen LogP contribution < -0.4 is 9.80 Å². The molecule has 1 aromatic carbocycles. The Balaban J connectivity index is 1.87. The molecule has 5 nitrogen and oxygen atoms in total. The number of carbonyl (C=O) groups excluding carboxylic acids is 1. The number of carbonyl (C=O) groups is 1. The third-order valence-corrected chi connectivity index (χ3v) is 4.10. The van der Waals surface area contributed by atoms with Crippen molar-refractivity contribution in [1.29, 1.82) is 0 Å². The molecule has 1 fully saturated rings. The quantitative estimate of drug-likeness (QED) is 0.850. The van der Waals surface area contributed by atoms with Crippen molar-refractivity contribution in [2.45, 2.75) is 19.1 Å². The number of anilines is 2. The van der Waals surface area contributed by atoms with Crippen LogP contribution in [0.25, 0.3) is 0 Å². The summed E-state index contributed by atoms with van der Waals surface area (Å²) in [5.74, 6) is -0.147. The molecule has 0 N–H and O–H groups in total. The molecule has 1 unspecified atom stereocenters. The summed E-state index contributed by atoms with van der Waals surface area (Å²) in [5, 5.41) is 1.30. The van der Waals surface area contributed by atoms with Crippen LogP contribution in [-0.2, 0) is 9.63 Å². The summed E-state index contributed by atoms with van der Waals surface area (Å²) in [6.07, 6.45) is -4.26. The Kier molecular flexibility index (Phi) is 4.09. The summed E-state index contributed by atoms with van der Waals surface area (Å²) in [7, 11) is 0. The summed E-state index contributed by atoms with van der Waals surface area (Å²) in [6, 6.07) is 6.40. The van der Waals surface area contributed by atoms with Crippen LogP contribution in [0.5, 0.6) is 0 Å². The van der Waals surface area contributed by atoms with E-state index >= 15 is 0 Å². The maximum atomic E-state index is 12.8. The molecule has 1 amide bonds. The molecule has 3 rings (SSSR count). The monoisotopic (exact) mass is 329 g/mol. The lowest BCUT2D eigenvalue weighted by atomic mass is 10.1. The van der Waals surface area contributed by atoms with E-state index in [0.29, 0.717) is 24.5 Å². The van der Waals surface area contributed by atoms with Gasteiger partial charge in [0, 0.05) is 19.6 Å². The fourth-order valence-corrected chi connectivity index (χ4v) is 3.08. The number of amides is 1. The van der Waals surface area contributed by atoms with E-state index in [2.05, 4.69) is 0 Å². The van der Waals surface area contributed by atoms with E-state index in [4.69, 9.17) is 4.84 Å². The highest BCUT2D eigenvalue weighted by Gasteiger charge is 2.41. The van der Waals surface area contributed by atoms with Gasteiger partial charge >= 0.3 is 6.18 Å².